The molecule has 1 spiro atoms. The zero-order valence-electron chi connectivity index (χ0n) is 18.9. The van der Waals surface area contributed by atoms with E-state index in [-0.39, 0.29) is 34.2 Å². The lowest BCUT2D eigenvalue weighted by Crippen LogP contribution is -2.59. The van der Waals surface area contributed by atoms with Gasteiger partial charge in [-0.2, -0.15) is 0 Å². The number of hydrogen-bond acceptors (Lipinski definition) is 5. The van der Waals surface area contributed by atoms with Crippen LogP contribution in [-0.4, -0.2) is 40.4 Å². The summed E-state index contributed by atoms with van der Waals surface area (Å²) >= 11 is 0. The van der Waals surface area contributed by atoms with Crippen molar-refractivity contribution in [2.75, 3.05) is 0 Å². The molecule has 0 unspecified atom stereocenters. The third-order valence-corrected chi connectivity index (χ3v) is 10.2. The highest BCUT2D eigenvalue weighted by Crippen LogP contribution is 2.73. The van der Waals surface area contributed by atoms with Crippen molar-refractivity contribution in [3.05, 3.63) is 0 Å². The molecule has 0 aromatic heterocycles. The lowest BCUT2D eigenvalue weighted by atomic mass is 9.40. The van der Waals surface area contributed by atoms with Crippen LogP contribution in [0.1, 0.15) is 85.5 Å². The van der Waals surface area contributed by atoms with Crippen molar-refractivity contribution in [2.45, 2.75) is 104 Å². The van der Waals surface area contributed by atoms with Crippen LogP contribution >= 0.6 is 0 Å². The number of carbonyl (C=O) groups is 2. The first-order valence-electron chi connectivity index (χ1n) is 11.8. The largest absolute Gasteiger partial charge is 0.480 e. The van der Waals surface area contributed by atoms with Gasteiger partial charge < -0.3 is 20.7 Å². The Bertz CT molecular complexity index is 741. The number of rotatable bonds is 4. The highest BCUT2D eigenvalue weighted by Gasteiger charge is 2.68. The first kappa shape index (κ1) is 22.1. The summed E-state index contributed by atoms with van der Waals surface area (Å²) in [5.74, 6) is -0.693. The second-order valence-corrected chi connectivity index (χ2v) is 11.8. The molecule has 0 aliphatic heterocycles. The van der Waals surface area contributed by atoms with Gasteiger partial charge in [0, 0.05) is 0 Å². The van der Waals surface area contributed by atoms with E-state index in [1.807, 2.05) is 6.92 Å². The number of carboxylic acids is 1. The molecule has 6 nitrogen and oxygen atoms in total. The van der Waals surface area contributed by atoms with Gasteiger partial charge in [-0.1, -0.05) is 20.3 Å². The number of hydrogen-bond donors (Lipinski definition) is 3. The molecule has 4 aliphatic rings. The highest BCUT2D eigenvalue weighted by molar-refractivity contribution is 5.79. The molecule has 0 amide bonds. The molecule has 170 valence electrons. The number of aliphatic carboxylic acids is 1. The quantitative estimate of drug-likeness (QED) is 0.599. The van der Waals surface area contributed by atoms with Gasteiger partial charge >= 0.3 is 11.9 Å². The first-order chi connectivity index (χ1) is 13.9. The van der Waals surface area contributed by atoms with Gasteiger partial charge in [0.05, 0.1) is 11.5 Å². The molecular formula is C24H39NO5. The summed E-state index contributed by atoms with van der Waals surface area (Å²) in [6, 6.07) is -1.21. The van der Waals surface area contributed by atoms with Gasteiger partial charge in [0.25, 0.3) is 0 Å². The van der Waals surface area contributed by atoms with E-state index >= 15 is 0 Å². The zero-order valence-corrected chi connectivity index (χ0v) is 18.9. The minimum absolute atomic E-state index is 0.0494. The summed E-state index contributed by atoms with van der Waals surface area (Å²) < 4.78 is 5.65. The molecule has 4 saturated carbocycles. The Balaban J connectivity index is 1.60. The van der Waals surface area contributed by atoms with Gasteiger partial charge in [0.15, 0.2) is 0 Å². The Morgan fingerprint density at radius 2 is 1.73 bits per heavy atom. The maximum absolute atomic E-state index is 13.4. The topological polar surface area (TPSA) is 110 Å². The number of fused-ring (bicyclic) bond motifs is 3. The van der Waals surface area contributed by atoms with Gasteiger partial charge in [0.1, 0.15) is 12.1 Å². The van der Waals surface area contributed by atoms with E-state index < -0.39 is 23.5 Å². The summed E-state index contributed by atoms with van der Waals surface area (Å²) in [5, 5.41) is 20.0. The summed E-state index contributed by atoms with van der Waals surface area (Å²) in [4.78, 5) is 24.6. The second kappa shape index (κ2) is 6.93. The molecule has 0 aromatic carbocycles. The van der Waals surface area contributed by atoms with Crippen LogP contribution in [0.2, 0.25) is 0 Å². The Morgan fingerprint density at radius 1 is 1.07 bits per heavy atom. The van der Waals surface area contributed by atoms with Crippen molar-refractivity contribution >= 4 is 11.9 Å². The van der Waals surface area contributed by atoms with E-state index in [4.69, 9.17) is 15.6 Å². The fraction of sp³-hybridized carbons (Fsp3) is 0.917. The molecular weight excluding hydrogens is 382 g/mol. The predicted molar refractivity (Wildman–Crippen MR) is 112 cm³/mol. The van der Waals surface area contributed by atoms with Crippen molar-refractivity contribution < 1.29 is 24.5 Å². The van der Waals surface area contributed by atoms with Gasteiger partial charge in [0.2, 0.25) is 0 Å². The van der Waals surface area contributed by atoms with Crippen LogP contribution in [0.25, 0.3) is 0 Å². The molecule has 0 heterocycles. The first-order valence-corrected chi connectivity index (χ1v) is 11.8. The second-order valence-electron chi connectivity index (χ2n) is 11.8. The fourth-order valence-electron chi connectivity index (χ4n) is 8.55. The number of esters is 1. The van der Waals surface area contributed by atoms with E-state index in [2.05, 4.69) is 13.8 Å². The van der Waals surface area contributed by atoms with Crippen molar-refractivity contribution in [2.24, 2.45) is 39.2 Å². The monoisotopic (exact) mass is 421 g/mol. The third kappa shape index (κ3) is 2.96. The predicted octanol–water partition coefficient (Wildman–Crippen LogP) is 3.49. The molecule has 2 bridgehead atoms. The van der Waals surface area contributed by atoms with Crippen LogP contribution in [0.3, 0.4) is 0 Å². The van der Waals surface area contributed by atoms with Gasteiger partial charge in [-0.25, -0.2) is 0 Å². The summed E-state index contributed by atoms with van der Waals surface area (Å²) in [6.07, 6.45) is 8.06. The van der Waals surface area contributed by atoms with Crippen LogP contribution in [0.15, 0.2) is 0 Å². The maximum Gasteiger partial charge on any atom is 0.324 e. The van der Waals surface area contributed by atoms with E-state index in [1.54, 1.807) is 6.92 Å². The van der Waals surface area contributed by atoms with E-state index in [0.29, 0.717) is 5.92 Å². The van der Waals surface area contributed by atoms with E-state index in [0.717, 1.165) is 57.8 Å². The normalized spacial score (nSPS) is 49.5. The summed E-state index contributed by atoms with van der Waals surface area (Å²) in [6.45, 7) is 8.24. The number of carbonyl (C=O) groups excluding carboxylic acids is 1. The molecule has 6 heteroatoms. The minimum atomic E-state index is -1.21. The molecule has 4 rings (SSSR count). The molecule has 30 heavy (non-hydrogen) atoms. The average Bonchev–Trinajstić information content (AvgIpc) is 2.84. The Kier molecular flexibility index (Phi) is 5.10. The number of aliphatic hydroxyl groups excluding tert-OH is 1. The number of carboxylic acid groups (broad SMARTS) is 1. The number of aliphatic hydroxyl groups is 1. The number of nitrogens with two attached hydrogens (primary N) is 1. The molecule has 4 N–H and O–H groups in total. The highest BCUT2D eigenvalue weighted by atomic mass is 16.5. The van der Waals surface area contributed by atoms with Crippen LogP contribution < -0.4 is 5.73 Å². The van der Waals surface area contributed by atoms with E-state index in [9.17, 15) is 14.7 Å². The molecule has 0 radical (unpaired) electrons. The van der Waals surface area contributed by atoms with E-state index in [1.165, 1.54) is 0 Å². The van der Waals surface area contributed by atoms with Crippen molar-refractivity contribution in [1.29, 1.82) is 0 Å². The Hall–Kier alpha value is -1.14. The smallest absolute Gasteiger partial charge is 0.324 e. The summed E-state index contributed by atoms with van der Waals surface area (Å²) in [5.41, 5.74) is 5.39. The Labute approximate surface area is 179 Å². The summed E-state index contributed by atoms with van der Waals surface area (Å²) in [7, 11) is 0. The lowest BCUT2D eigenvalue weighted by Gasteiger charge is -2.64. The molecule has 9 atom stereocenters. The Morgan fingerprint density at radius 3 is 2.40 bits per heavy atom. The maximum atomic E-state index is 13.4. The van der Waals surface area contributed by atoms with Crippen molar-refractivity contribution in [1.82, 2.24) is 0 Å². The molecule has 0 aromatic rings. The van der Waals surface area contributed by atoms with Crippen LogP contribution in [-0.2, 0) is 14.3 Å². The zero-order chi connectivity index (χ0) is 22.1. The van der Waals surface area contributed by atoms with Crippen LogP contribution in [0, 0.1) is 33.5 Å². The lowest BCUT2D eigenvalue weighted by molar-refractivity contribution is -0.192. The standard InChI is InChI=1S/C24H39NO5/c1-14(18(25)19(27)28)30-20(29)23(4)9-5-8-22(3)15(23)7-11-24-12-17(26)21(2,13-24)10-6-16(22)24/h14-18,26H,5-13,25H2,1-4H3,(H,27,28)/t14-,15+,16+,17-,18+,21+,22-,23-,24+/m1/s1. The van der Waals surface area contributed by atoms with Gasteiger partial charge in [-0.3, -0.25) is 9.59 Å². The number of ether oxygens (including phenoxy) is 1. The fourth-order valence-corrected chi connectivity index (χ4v) is 8.55. The third-order valence-electron chi connectivity index (χ3n) is 10.2. The van der Waals surface area contributed by atoms with Crippen molar-refractivity contribution in [3.8, 4) is 0 Å². The van der Waals surface area contributed by atoms with Crippen LogP contribution in [0.4, 0.5) is 0 Å². The molecule has 4 aliphatic carbocycles. The SMILES string of the molecule is C[C@@H](OC(=O)[C@]1(C)CCC[C@@]2(C)[C@@H]3CC[C@@]4(C)C[C@]3(CC[C@@H]21)C[C@H]4O)[C@H](N)C(=O)O. The molecule has 0 saturated heterocycles. The van der Waals surface area contributed by atoms with Crippen molar-refractivity contribution in [3.63, 3.8) is 0 Å². The minimum Gasteiger partial charge on any atom is -0.480 e. The average molecular weight is 422 g/mol. The molecule has 4 fully saturated rings. The van der Waals surface area contributed by atoms with Gasteiger partial charge in [-0.15, -0.1) is 0 Å². The van der Waals surface area contributed by atoms with Gasteiger partial charge in [-0.05, 0) is 93.3 Å². The van der Waals surface area contributed by atoms with Crippen LogP contribution in [0.5, 0.6) is 0 Å².